The molecule has 1 atom stereocenters. The second-order valence-electron chi connectivity index (χ2n) is 7.18. The van der Waals surface area contributed by atoms with Crippen molar-refractivity contribution in [3.05, 3.63) is 0 Å². The van der Waals surface area contributed by atoms with Crippen LogP contribution in [0, 0.1) is 0 Å². The molecule has 0 N–H and O–H groups in total. The largest absolute Gasteiger partial charge is 0.420 e. The lowest BCUT2D eigenvalue weighted by molar-refractivity contribution is 0.311. The molecule has 124 valence electrons. The van der Waals surface area contributed by atoms with Crippen molar-refractivity contribution in [2.45, 2.75) is 76.4 Å². The Bertz CT molecular complexity index is 289. The van der Waals surface area contributed by atoms with E-state index < -0.39 is 8.48 Å². The first-order valence-electron chi connectivity index (χ1n) is 8.54. The van der Waals surface area contributed by atoms with E-state index >= 15 is 0 Å². The molecule has 0 aromatic rings. The molecule has 2 radical (unpaired) electrons. The lowest BCUT2D eigenvalue weighted by atomic mass is 10.0. The van der Waals surface area contributed by atoms with Crippen LogP contribution < -0.4 is 0 Å². The molecule has 0 spiro atoms. The normalized spacial score (nSPS) is 23.9. The molecule has 1 heterocycles. The van der Waals surface area contributed by atoms with E-state index in [-0.39, 0.29) is 0 Å². The minimum absolute atomic E-state index is 0.371. The Morgan fingerprint density at radius 2 is 1.76 bits per heavy atom. The van der Waals surface area contributed by atoms with Gasteiger partial charge in [0, 0.05) is 14.2 Å². The number of unbranched alkanes of at least 4 members (excludes halogenated alkanes) is 4. The van der Waals surface area contributed by atoms with Crippen molar-refractivity contribution in [2.24, 2.45) is 0 Å². The molecule has 21 heavy (non-hydrogen) atoms. The highest BCUT2D eigenvalue weighted by Crippen LogP contribution is 2.30. The van der Waals surface area contributed by atoms with Crippen molar-refractivity contribution in [2.75, 3.05) is 27.3 Å². The number of hydrogen-bond acceptors (Lipinski definition) is 3. The highest BCUT2D eigenvalue weighted by atomic mass is 28.4. The quantitative estimate of drug-likeness (QED) is 0.418. The number of rotatable bonds is 11. The van der Waals surface area contributed by atoms with Crippen LogP contribution in [0.5, 0.6) is 0 Å². The van der Waals surface area contributed by atoms with Crippen molar-refractivity contribution >= 4 is 18.2 Å². The molecule has 1 rings (SSSR count). The third kappa shape index (κ3) is 6.95. The molecule has 0 aliphatic carbocycles. The molecule has 1 unspecified atom stereocenters. The maximum Gasteiger partial charge on any atom is 0.267 e. The SMILES string of the molecule is CO[Si]C(C)(C)CCCCCCCN1CCC[Si]1(C)OC. The molecule has 1 aliphatic rings. The van der Waals surface area contributed by atoms with Gasteiger partial charge in [0.15, 0.2) is 0 Å². The fourth-order valence-electron chi connectivity index (χ4n) is 3.30. The van der Waals surface area contributed by atoms with E-state index in [9.17, 15) is 0 Å². The predicted octanol–water partition coefficient (Wildman–Crippen LogP) is 4.22. The summed E-state index contributed by atoms with van der Waals surface area (Å²) in [6.45, 7) is 9.53. The van der Waals surface area contributed by atoms with Gasteiger partial charge >= 0.3 is 0 Å². The molecule has 0 amide bonds. The van der Waals surface area contributed by atoms with E-state index in [2.05, 4.69) is 25.0 Å². The summed E-state index contributed by atoms with van der Waals surface area (Å²) in [7, 11) is 2.88. The average Bonchev–Trinajstić information content (AvgIpc) is 2.79. The summed E-state index contributed by atoms with van der Waals surface area (Å²) in [5, 5.41) is 0.371. The summed E-state index contributed by atoms with van der Waals surface area (Å²) in [5.74, 6) is 0. The zero-order valence-electron chi connectivity index (χ0n) is 14.8. The van der Waals surface area contributed by atoms with Crippen LogP contribution in [0.1, 0.15) is 58.8 Å². The van der Waals surface area contributed by atoms with Crippen LogP contribution in [0.2, 0.25) is 17.6 Å². The van der Waals surface area contributed by atoms with E-state index in [1.165, 1.54) is 64.1 Å². The summed E-state index contributed by atoms with van der Waals surface area (Å²) >= 11 is 0. The van der Waals surface area contributed by atoms with Crippen molar-refractivity contribution < 1.29 is 8.85 Å². The lowest BCUT2D eigenvalue weighted by Crippen LogP contribution is -2.48. The topological polar surface area (TPSA) is 21.7 Å². The standard InChI is InChI=1S/C16H35NO2Si2/c1-16(2,20-18-3)12-9-7-6-8-10-13-17-14-11-15-21(17,5)19-4/h6-15H2,1-5H3. The fourth-order valence-corrected chi connectivity index (χ4v) is 6.99. The van der Waals surface area contributed by atoms with E-state index in [1.54, 1.807) is 0 Å². The Hall–Kier alpha value is 0.314. The van der Waals surface area contributed by atoms with Crippen LogP contribution in [-0.2, 0) is 8.85 Å². The number of hydrogen-bond donors (Lipinski definition) is 0. The van der Waals surface area contributed by atoms with Crippen molar-refractivity contribution in [3.63, 3.8) is 0 Å². The molecule has 1 aliphatic heterocycles. The van der Waals surface area contributed by atoms with E-state index in [0.29, 0.717) is 14.8 Å². The second kappa shape index (κ2) is 9.45. The fraction of sp³-hybridized carbons (Fsp3) is 1.00. The van der Waals surface area contributed by atoms with Crippen LogP contribution in [0.25, 0.3) is 0 Å². The molecule has 0 aromatic carbocycles. The minimum Gasteiger partial charge on any atom is -0.420 e. The van der Waals surface area contributed by atoms with Gasteiger partial charge in [0.05, 0.1) is 0 Å². The molecule has 0 bridgehead atoms. The maximum atomic E-state index is 5.82. The summed E-state index contributed by atoms with van der Waals surface area (Å²) in [6, 6.07) is 1.32. The second-order valence-corrected chi connectivity index (χ2v) is 13.0. The first-order valence-corrected chi connectivity index (χ1v) is 12.0. The summed E-state index contributed by atoms with van der Waals surface area (Å²) in [5.41, 5.74) is 0. The Balaban J connectivity index is 2.03. The van der Waals surface area contributed by atoms with Crippen molar-refractivity contribution in [1.82, 2.24) is 4.57 Å². The van der Waals surface area contributed by atoms with Gasteiger partial charge in [-0.25, -0.2) is 0 Å². The first-order chi connectivity index (χ1) is 9.93. The highest BCUT2D eigenvalue weighted by Gasteiger charge is 2.39. The van der Waals surface area contributed by atoms with E-state index in [0.717, 1.165) is 0 Å². The van der Waals surface area contributed by atoms with Gasteiger partial charge in [-0.05, 0) is 50.0 Å². The first kappa shape index (κ1) is 19.4. The molecule has 3 nitrogen and oxygen atoms in total. The van der Waals surface area contributed by atoms with Crippen LogP contribution in [0.15, 0.2) is 0 Å². The molecular formula is C16H35NO2Si2. The van der Waals surface area contributed by atoms with Crippen LogP contribution in [-0.4, -0.2) is 50.1 Å². The molecule has 1 saturated heterocycles. The van der Waals surface area contributed by atoms with Crippen molar-refractivity contribution in [1.29, 1.82) is 0 Å². The predicted molar refractivity (Wildman–Crippen MR) is 94.1 cm³/mol. The smallest absolute Gasteiger partial charge is 0.267 e. The van der Waals surface area contributed by atoms with Crippen molar-refractivity contribution in [3.8, 4) is 0 Å². The summed E-state index contributed by atoms with van der Waals surface area (Å²) in [4.78, 5) is 0. The van der Waals surface area contributed by atoms with Gasteiger partial charge in [0.2, 0.25) is 9.76 Å². The lowest BCUT2D eigenvalue weighted by Gasteiger charge is -2.31. The van der Waals surface area contributed by atoms with Gasteiger partial charge in [0.1, 0.15) is 0 Å². The van der Waals surface area contributed by atoms with Gasteiger partial charge in [-0.3, -0.25) is 0 Å². The van der Waals surface area contributed by atoms with E-state index in [4.69, 9.17) is 8.85 Å². The van der Waals surface area contributed by atoms with Gasteiger partial charge in [0.25, 0.3) is 8.48 Å². The van der Waals surface area contributed by atoms with Crippen LogP contribution in [0.3, 0.4) is 0 Å². The third-order valence-corrected chi connectivity index (χ3v) is 9.74. The minimum atomic E-state index is -1.48. The third-order valence-electron chi connectivity index (χ3n) is 4.79. The van der Waals surface area contributed by atoms with Gasteiger partial charge < -0.3 is 13.4 Å². The monoisotopic (exact) mass is 329 g/mol. The molecule has 1 fully saturated rings. The Kier molecular flexibility index (Phi) is 8.71. The Labute approximate surface area is 135 Å². The van der Waals surface area contributed by atoms with Crippen LogP contribution >= 0.6 is 0 Å². The maximum absolute atomic E-state index is 5.82. The van der Waals surface area contributed by atoms with Crippen LogP contribution in [0.4, 0.5) is 0 Å². The Morgan fingerprint density at radius 1 is 1.10 bits per heavy atom. The average molecular weight is 330 g/mol. The summed E-state index contributed by atoms with van der Waals surface area (Å²) in [6.07, 6.45) is 9.44. The van der Waals surface area contributed by atoms with Gasteiger partial charge in [-0.2, -0.15) is 0 Å². The van der Waals surface area contributed by atoms with Gasteiger partial charge in [-0.15, -0.1) is 0 Å². The summed E-state index contributed by atoms with van der Waals surface area (Å²) < 4.78 is 13.8. The zero-order valence-corrected chi connectivity index (χ0v) is 16.8. The molecule has 5 heteroatoms. The molecular weight excluding hydrogens is 294 g/mol. The molecule has 0 saturated carbocycles. The zero-order chi connectivity index (χ0) is 15.8. The van der Waals surface area contributed by atoms with Gasteiger partial charge in [-0.1, -0.05) is 39.5 Å². The van der Waals surface area contributed by atoms with E-state index in [1.807, 2.05) is 14.2 Å². The molecule has 0 aromatic heterocycles. The highest BCUT2D eigenvalue weighted by molar-refractivity contribution is 6.70. The number of nitrogens with zero attached hydrogens (tertiary/aromatic N) is 1. The Morgan fingerprint density at radius 3 is 2.43 bits per heavy atom.